The molecule has 1 aromatic heterocycles. The molecule has 0 bridgehead atoms. The predicted molar refractivity (Wildman–Crippen MR) is 106 cm³/mol. The summed E-state index contributed by atoms with van der Waals surface area (Å²) in [5, 5.41) is 2.52. The molecule has 5 nitrogen and oxygen atoms in total. The summed E-state index contributed by atoms with van der Waals surface area (Å²) in [5.41, 5.74) is 4.06. The van der Waals surface area contributed by atoms with Crippen molar-refractivity contribution in [3.05, 3.63) is 47.9 Å². The summed E-state index contributed by atoms with van der Waals surface area (Å²) < 4.78 is 56.9. The molecule has 0 saturated carbocycles. The van der Waals surface area contributed by atoms with Gasteiger partial charge in [0.15, 0.2) is 11.6 Å². The summed E-state index contributed by atoms with van der Waals surface area (Å²) >= 11 is 0. The van der Waals surface area contributed by atoms with Crippen molar-refractivity contribution in [3.63, 3.8) is 0 Å². The number of hydrogen-bond acceptors (Lipinski definition) is 4. The van der Waals surface area contributed by atoms with E-state index < -0.39 is 29.0 Å². The van der Waals surface area contributed by atoms with Gasteiger partial charge in [0.1, 0.15) is 0 Å². The Morgan fingerprint density at radius 2 is 1.86 bits per heavy atom. The smallest absolute Gasteiger partial charge is 0.417 e. The number of amides is 1. The Morgan fingerprint density at radius 3 is 2.34 bits per heavy atom. The summed E-state index contributed by atoms with van der Waals surface area (Å²) in [6.45, 7) is 3.47. The van der Waals surface area contributed by atoms with Crippen LogP contribution in [0.4, 0.5) is 23.2 Å². The van der Waals surface area contributed by atoms with Gasteiger partial charge in [-0.15, -0.1) is 24.8 Å². The van der Waals surface area contributed by atoms with Crippen LogP contribution < -0.4 is 15.8 Å². The molecule has 0 fully saturated rings. The van der Waals surface area contributed by atoms with E-state index in [1.54, 1.807) is 6.92 Å². The molecular formula is C18H21Cl2F4N3O2. The highest BCUT2D eigenvalue weighted by Gasteiger charge is 2.31. The van der Waals surface area contributed by atoms with Gasteiger partial charge < -0.3 is 15.8 Å². The number of nitrogens with two attached hydrogens (primary N) is 1. The average molecular weight is 458 g/mol. The molecule has 0 aliphatic rings. The Hall–Kier alpha value is -2.10. The first-order chi connectivity index (χ1) is 12.5. The number of nitrogens with one attached hydrogen (secondary N) is 1. The molecular weight excluding hydrogens is 437 g/mol. The van der Waals surface area contributed by atoms with Gasteiger partial charge in [0.2, 0.25) is 11.8 Å². The highest BCUT2D eigenvalue weighted by Crippen LogP contribution is 2.31. The number of aromatic nitrogens is 1. The quantitative estimate of drug-likeness (QED) is 0.574. The predicted octanol–water partition coefficient (Wildman–Crippen LogP) is 5.33. The fourth-order valence-corrected chi connectivity index (χ4v) is 2.29. The lowest BCUT2D eigenvalue weighted by atomic mass is 9.96. The van der Waals surface area contributed by atoms with Crippen LogP contribution in [0, 0.1) is 5.82 Å². The number of ether oxygens (including phenoxy) is 1. The Kier molecular flexibility index (Phi) is 9.84. The van der Waals surface area contributed by atoms with Crippen LogP contribution in [0.2, 0.25) is 0 Å². The van der Waals surface area contributed by atoms with Crippen LogP contribution in [-0.4, -0.2) is 16.4 Å². The summed E-state index contributed by atoms with van der Waals surface area (Å²) in [7, 11) is 0. The molecule has 0 aliphatic carbocycles. The summed E-state index contributed by atoms with van der Waals surface area (Å²) in [6.07, 6.45) is -2.76. The van der Waals surface area contributed by atoms with Crippen molar-refractivity contribution in [1.82, 2.24) is 4.98 Å². The summed E-state index contributed by atoms with van der Waals surface area (Å²) in [4.78, 5) is 15.6. The monoisotopic (exact) mass is 457 g/mol. The van der Waals surface area contributed by atoms with Crippen molar-refractivity contribution < 1.29 is 27.1 Å². The van der Waals surface area contributed by atoms with E-state index in [1.165, 1.54) is 12.1 Å². The average Bonchev–Trinajstić information content (AvgIpc) is 2.57. The van der Waals surface area contributed by atoms with E-state index in [9.17, 15) is 22.4 Å². The molecule has 3 N–H and O–H groups in total. The molecule has 162 valence electrons. The highest BCUT2D eigenvalue weighted by molar-refractivity contribution is 5.97. The first-order valence-corrected chi connectivity index (χ1v) is 8.14. The minimum absolute atomic E-state index is 0. The van der Waals surface area contributed by atoms with Crippen molar-refractivity contribution >= 4 is 36.4 Å². The lowest BCUT2D eigenvalue weighted by molar-refractivity contribution is -0.137. The zero-order valence-corrected chi connectivity index (χ0v) is 17.2. The van der Waals surface area contributed by atoms with E-state index in [2.05, 4.69) is 10.3 Å². The number of carbonyl (C=O) groups is 1. The van der Waals surface area contributed by atoms with Crippen molar-refractivity contribution in [3.8, 4) is 11.6 Å². The topological polar surface area (TPSA) is 77.2 Å². The Labute approximate surface area is 177 Å². The SMILES string of the molecule is CCCC(C)(N)C(=O)Nc1ccc(Oc2ccc(C(F)(F)F)cn2)c(F)c1.Cl.Cl. The number of hydrogen-bond donors (Lipinski definition) is 2. The number of benzene rings is 1. The lowest BCUT2D eigenvalue weighted by Crippen LogP contribution is -2.48. The molecule has 0 saturated heterocycles. The zero-order valence-electron chi connectivity index (χ0n) is 15.5. The van der Waals surface area contributed by atoms with Crippen LogP contribution in [-0.2, 0) is 11.0 Å². The summed E-state index contributed by atoms with van der Waals surface area (Å²) in [5.74, 6) is -1.72. The third-order valence-electron chi connectivity index (χ3n) is 3.76. The maximum Gasteiger partial charge on any atom is 0.417 e. The molecule has 11 heteroatoms. The van der Waals surface area contributed by atoms with Gasteiger partial charge in [-0.3, -0.25) is 4.79 Å². The van der Waals surface area contributed by atoms with Gasteiger partial charge in [-0.05, 0) is 31.5 Å². The summed E-state index contributed by atoms with van der Waals surface area (Å²) in [6, 6.07) is 5.42. The fourth-order valence-electron chi connectivity index (χ4n) is 2.29. The van der Waals surface area contributed by atoms with Crippen molar-refractivity contribution in [2.75, 3.05) is 5.32 Å². The number of nitrogens with zero attached hydrogens (tertiary/aromatic N) is 1. The molecule has 1 atom stereocenters. The van der Waals surface area contributed by atoms with Gasteiger partial charge >= 0.3 is 6.18 Å². The van der Waals surface area contributed by atoms with Gasteiger partial charge in [0, 0.05) is 24.0 Å². The van der Waals surface area contributed by atoms with Crippen LogP contribution in [0.15, 0.2) is 36.5 Å². The maximum atomic E-state index is 14.2. The second-order valence-electron chi connectivity index (χ2n) is 6.25. The number of carbonyl (C=O) groups excluding carboxylic acids is 1. The minimum atomic E-state index is -4.52. The molecule has 1 unspecified atom stereocenters. The molecule has 0 radical (unpaired) electrons. The molecule has 1 heterocycles. The number of anilines is 1. The molecule has 2 aromatic rings. The first kappa shape index (κ1) is 26.9. The van der Waals surface area contributed by atoms with Gasteiger partial charge in [0.05, 0.1) is 11.1 Å². The van der Waals surface area contributed by atoms with E-state index >= 15 is 0 Å². The molecule has 0 spiro atoms. The van der Waals surface area contributed by atoms with E-state index in [0.717, 1.165) is 18.2 Å². The first-order valence-electron chi connectivity index (χ1n) is 8.14. The molecule has 0 aliphatic heterocycles. The van der Waals surface area contributed by atoms with Gasteiger partial charge in [-0.2, -0.15) is 13.2 Å². The Balaban J connectivity index is 0.00000392. The van der Waals surface area contributed by atoms with Crippen LogP contribution in [0.3, 0.4) is 0 Å². The number of pyridine rings is 1. The lowest BCUT2D eigenvalue weighted by Gasteiger charge is -2.22. The second-order valence-corrected chi connectivity index (χ2v) is 6.25. The minimum Gasteiger partial charge on any atom is -0.436 e. The van der Waals surface area contributed by atoms with Crippen molar-refractivity contribution in [2.24, 2.45) is 5.73 Å². The van der Waals surface area contributed by atoms with E-state index in [4.69, 9.17) is 10.5 Å². The number of alkyl halides is 3. The number of halogens is 6. The highest BCUT2D eigenvalue weighted by atomic mass is 35.5. The van der Waals surface area contributed by atoms with Crippen LogP contribution in [0.5, 0.6) is 11.6 Å². The third-order valence-corrected chi connectivity index (χ3v) is 3.76. The molecule has 2 rings (SSSR count). The normalized spacial score (nSPS) is 12.8. The van der Waals surface area contributed by atoms with E-state index in [-0.39, 0.29) is 42.1 Å². The van der Waals surface area contributed by atoms with E-state index in [0.29, 0.717) is 19.0 Å². The second kappa shape index (κ2) is 10.6. The van der Waals surface area contributed by atoms with Crippen molar-refractivity contribution in [1.29, 1.82) is 0 Å². The Morgan fingerprint density at radius 1 is 1.21 bits per heavy atom. The van der Waals surface area contributed by atoms with Crippen molar-refractivity contribution in [2.45, 2.75) is 38.4 Å². The van der Waals surface area contributed by atoms with Gasteiger partial charge in [-0.1, -0.05) is 13.3 Å². The van der Waals surface area contributed by atoms with Crippen LogP contribution in [0.1, 0.15) is 32.3 Å². The fraction of sp³-hybridized carbons (Fsp3) is 0.333. The van der Waals surface area contributed by atoms with Crippen LogP contribution >= 0.6 is 24.8 Å². The van der Waals surface area contributed by atoms with E-state index in [1.807, 2.05) is 6.92 Å². The molecule has 1 amide bonds. The maximum absolute atomic E-state index is 14.2. The largest absolute Gasteiger partial charge is 0.436 e. The van der Waals surface area contributed by atoms with Crippen LogP contribution in [0.25, 0.3) is 0 Å². The molecule has 1 aromatic carbocycles. The van der Waals surface area contributed by atoms with Gasteiger partial charge in [0.25, 0.3) is 0 Å². The molecule has 29 heavy (non-hydrogen) atoms. The van der Waals surface area contributed by atoms with Gasteiger partial charge in [-0.25, -0.2) is 9.37 Å². The zero-order chi connectivity index (χ0) is 20.2. The Bertz CT molecular complexity index is 816. The standard InChI is InChI=1S/C18H19F4N3O2.2ClH/c1-3-8-17(2,23)16(26)25-12-5-6-14(13(19)9-12)27-15-7-4-11(10-24-15)18(20,21)22;;/h4-7,9-10H,3,8,23H2,1-2H3,(H,25,26);2*1H. The number of rotatable bonds is 6. The third kappa shape index (κ3) is 7.34.